The number of nitrogens with two attached hydrogens (primary N) is 2. The maximum absolute atomic E-state index is 13.2. The van der Waals surface area contributed by atoms with E-state index in [0.717, 1.165) is 183 Å². The summed E-state index contributed by atoms with van der Waals surface area (Å²) in [5.41, 5.74) is 15.8. The number of piperidine rings is 4. The van der Waals surface area contributed by atoms with Crippen LogP contribution >= 0.6 is 46.6 Å². The number of alkyl halides is 1. The van der Waals surface area contributed by atoms with Crippen LogP contribution in [0.3, 0.4) is 0 Å². The Labute approximate surface area is 738 Å². The molecule has 0 atom stereocenters. The highest BCUT2D eigenvalue weighted by molar-refractivity contribution is 14.1. The Bertz CT molecular complexity index is 4430. The molecule has 6 aromatic carbocycles. The molecule has 0 aliphatic carbocycles. The lowest BCUT2D eigenvalue weighted by Crippen LogP contribution is -2.45. The summed E-state index contributed by atoms with van der Waals surface area (Å²) in [6.07, 6.45) is 14.1. The molecule has 0 radical (unpaired) electrons. The lowest BCUT2D eigenvalue weighted by atomic mass is 9.97. The second-order valence-electron chi connectivity index (χ2n) is 30.4. The lowest BCUT2D eigenvalue weighted by molar-refractivity contribution is -0.385. The highest BCUT2D eigenvalue weighted by Gasteiger charge is 2.34. The number of aromatic carboxylic acids is 1. The number of nitrogens with zero attached hydrogens (tertiary/aromatic N) is 7. The van der Waals surface area contributed by atoms with Crippen molar-refractivity contribution in [3.05, 3.63) is 187 Å². The summed E-state index contributed by atoms with van der Waals surface area (Å²) in [7, 11) is 1.00. The van der Waals surface area contributed by atoms with E-state index in [0.29, 0.717) is 106 Å². The van der Waals surface area contributed by atoms with Gasteiger partial charge in [0.05, 0.1) is 32.0 Å². The zero-order chi connectivity index (χ0) is 87.2. The standard InChI is InChI=1S/C27H31N3O4.C17H22N2O5.C17H24N2O3.C11H14N2O3.C8H9NO2.C6H9ClO2.C2H5I.CH4O.ClH/c1-18-3-8-25-24(17-18)27(32)30(19(2)28-25)21-4-6-22(7-5-21)34-23-9-13-29(14-10-23)26(31)20-11-15-33-16-12-20;20-17(13-7-11-23-12-8-13)18-9-5-16(6-10-18)24-15-3-1-14(2-4-15)19(21)22;18-14-1-3-15(4-2-14)22-16-5-9-19(10-6-16)17(20)13-7-11-21-12-8-13;14-13(15)9-1-3-10(4-2-9)16-11-5-7-12-8-6-11;1-5-2-3-7(9)6(4-5)8(10)11;7-6(8)5-1-3-9-4-2-5;1-2-3;1-2;/h3-8,17,20,23H,9-16H2,1-2H3;1-4,13,16H,5-12H2;1-4,13,16H,5-12,18H2;1-4,11-12H,5-8H2;2-4H,9H2,1H3,(H,10,11);5H,1-4H2;2H2,1H3;2H,1H3;1H. The van der Waals surface area contributed by atoms with Crippen LogP contribution in [0.5, 0.6) is 23.0 Å². The highest BCUT2D eigenvalue weighted by atomic mass is 127. The Hall–Kier alpha value is -9.32. The number of likely N-dealkylation sites (tertiary alicyclic amines) is 3. The molecule has 666 valence electrons. The van der Waals surface area contributed by atoms with E-state index in [4.69, 9.17) is 71.2 Å². The van der Waals surface area contributed by atoms with Gasteiger partial charge in [-0.3, -0.25) is 48.8 Å². The molecule has 33 heteroatoms. The van der Waals surface area contributed by atoms with Gasteiger partial charge in [-0.25, -0.2) is 9.78 Å². The second-order valence-corrected chi connectivity index (χ2v) is 32.3. The van der Waals surface area contributed by atoms with E-state index in [-0.39, 0.29) is 100 Å². The average Bonchev–Trinajstić information content (AvgIpc) is 0.772. The largest absolute Gasteiger partial charge is 0.490 e. The van der Waals surface area contributed by atoms with Crippen molar-refractivity contribution >= 4 is 109 Å². The molecule has 8 saturated heterocycles. The van der Waals surface area contributed by atoms with Crippen molar-refractivity contribution in [1.82, 2.24) is 29.6 Å². The summed E-state index contributed by atoms with van der Waals surface area (Å²) in [6.45, 7) is 19.7. The van der Waals surface area contributed by atoms with Gasteiger partial charge in [0.15, 0.2) is 0 Å². The third-order valence-corrected chi connectivity index (χ3v) is 22.0. The predicted octanol–water partition coefficient (Wildman–Crippen LogP) is 13.9. The molecule has 1 aromatic heterocycles. The Kier molecular flexibility index (Phi) is 43.3. The van der Waals surface area contributed by atoms with Crippen LogP contribution in [0.25, 0.3) is 16.6 Å². The summed E-state index contributed by atoms with van der Waals surface area (Å²) in [4.78, 5) is 103. The first kappa shape index (κ1) is 99.8. The third-order valence-electron chi connectivity index (χ3n) is 21.7. The topological polar surface area (TPSA) is 395 Å². The van der Waals surface area contributed by atoms with Crippen LogP contribution in [0.15, 0.2) is 138 Å². The Balaban J connectivity index is 0.000000208. The van der Waals surface area contributed by atoms with Crippen LogP contribution in [0.4, 0.5) is 22.7 Å². The summed E-state index contributed by atoms with van der Waals surface area (Å²) >= 11 is 7.55. The Morgan fingerprint density at radius 1 is 0.500 bits per heavy atom. The number of carboxylic acids is 1. The lowest BCUT2D eigenvalue weighted by Gasteiger charge is -2.35. The van der Waals surface area contributed by atoms with E-state index >= 15 is 0 Å². The van der Waals surface area contributed by atoms with Crippen LogP contribution in [-0.4, -0.2) is 214 Å². The smallest absolute Gasteiger partial charge is 0.337 e. The predicted molar refractivity (Wildman–Crippen MR) is 479 cm³/mol. The molecule has 0 unspecified atom stereocenters. The molecule has 9 heterocycles. The van der Waals surface area contributed by atoms with Crippen LogP contribution in [0, 0.1) is 64.7 Å². The van der Waals surface area contributed by atoms with Gasteiger partial charge in [0.1, 0.15) is 53.2 Å². The SMILES string of the molecule is CCI.CO.Cc1ccc(N)c(C(=O)O)c1.Cc1ccc2nc(C)n(-c3ccc(OC4CCN(C(=O)C5CCOCC5)CC4)cc3)c(=O)c2c1.Cl.Nc1ccc(OC2CCN(C(=O)C3CCOCC3)CC2)cc1.O=C(C1CCOCC1)N1CCC(Oc2ccc([N+](=O)[O-])cc2)CC1.O=C(Cl)C1CCOCC1.O=[N+]([O-])c1ccc(OC2CCNCC2)cc1. The number of nitrogens with one attached hydrogen (secondary N) is 1. The van der Waals surface area contributed by atoms with Gasteiger partial charge >= 0.3 is 5.97 Å². The van der Waals surface area contributed by atoms with Crippen molar-refractivity contribution in [2.75, 3.05) is 128 Å². The molecule has 30 nitrogen and oxygen atoms in total. The van der Waals surface area contributed by atoms with Crippen LogP contribution < -0.4 is 41.3 Å². The highest BCUT2D eigenvalue weighted by Crippen LogP contribution is 2.30. The van der Waals surface area contributed by atoms with Crippen LogP contribution in [0.1, 0.15) is 137 Å². The first-order valence-electron chi connectivity index (χ1n) is 41.7. The Morgan fingerprint density at radius 3 is 1.15 bits per heavy atom. The fraction of sp³-hybridized carbons (Fsp3) is 0.517. The summed E-state index contributed by atoms with van der Waals surface area (Å²) in [6, 6.07) is 38.1. The number of fused-ring (bicyclic) bond motifs is 1. The number of anilines is 2. The number of hydrogen-bond acceptors (Lipinski definition) is 23. The average molecular weight is 1850 g/mol. The molecular weight excluding hydrogens is 1730 g/mol. The number of non-ortho nitro benzene ring substituents is 2. The monoisotopic (exact) mass is 1840 g/mol. The number of aliphatic hydroxyl groups excluding tert-OH is 1. The fourth-order valence-corrected chi connectivity index (χ4v) is 15.1. The molecule has 15 rings (SSSR count). The zero-order valence-electron chi connectivity index (χ0n) is 70.3. The van der Waals surface area contributed by atoms with E-state index in [2.05, 4.69) is 39.8 Å². The number of benzene rings is 6. The number of carboxylic acid groups (broad SMARTS) is 1. The number of ether oxygens (including phenoxy) is 8. The second kappa shape index (κ2) is 53.0. The molecule has 7 aromatic rings. The number of aromatic nitrogens is 2. The number of rotatable bonds is 16. The molecule has 7 N–H and O–H groups in total. The summed E-state index contributed by atoms with van der Waals surface area (Å²) < 4.78 is 47.7. The van der Waals surface area contributed by atoms with Gasteiger partial charge in [-0.15, -0.1) is 12.4 Å². The number of nitro benzene ring substituents is 2. The van der Waals surface area contributed by atoms with E-state index in [1.165, 1.54) is 28.7 Å². The van der Waals surface area contributed by atoms with Crippen molar-refractivity contribution in [2.45, 2.75) is 155 Å². The van der Waals surface area contributed by atoms with Gasteiger partial charge in [-0.2, -0.15) is 0 Å². The van der Waals surface area contributed by atoms with Crippen molar-refractivity contribution < 1.29 is 81.9 Å². The van der Waals surface area contributed by atoms with Gasteiger partial charge in [-0.05, 0) is 211 Å². The van der Waals surface area contributed by atoms with Crippen molar-refractivity contribution in [2.24, 2.45) is 23.7 Å². The number of carbonyl (C=O) groups is 5. The van der Waals surface area contributed by atoms with Crippen LogP contribution in [-0.2, 0) is 38.1 Å². The maximum atomic E-state index is 13.2. The molecular formula is C89H119Cl2IN10O20. The molecule has 122 heavy (non-hydrogen) atoms. The number of nitro groups is 2. The number of carbonyl (C=O) groups excluding carboxylic acids is 4. The van der Waals surface area contributed by atoms with Crippen molar-refractivity contribution in [3.8, 4) is 28.7 Å². The normalized spacial score (nSPS) is 17.5. The first-order chi connectivity index (χ1) is 58.4. The fourth-order valence-electron chi connectivity index (χ4n) is 14.9. The van der Waals surface area contributed by atoms with Gasteiger partial charge in [0, 0.05) is 197 Å². The van der Waals surface area contributed by atoms with E-state index in [9.17, 15) is 49.0 Å². The number of halogens is 3. The maximum Gasteiger partial charge on any atom is 0.337 e. The minimum Gasteiger partial charge on any atom is -0.490 e. The van der Waals surface area contributed by atoms with Crippen LogP contribution in [0.2, 0.25) is 0 Å². The minimum atomic E-state index is -0.980. The molecule has 8 fully saturated rings. The summed E-state index contributed by atoms with van der Waals surface area (Å²) in [5, 5.41) is 40.4. The number of hydrogen-bond donors (Lipinski definition) is 5. The number of aryl methyl sites for hydroxylation is 3. The van der Waals surface area contributed by atoms with Gasteiger partial charge in [0.25, 0.3) is 16.9 Å². The first-order valence-corrected chi connectivity index (χ1v) is 43.6. The molecule has 0 saturated carbocycles. The molecule has 8 aliphatic rings. The summed E-state index contributed by atoms with van der Waals surface area (Å²) in [5.74, 6) is 3.87. The zero-order valence-corrected chi connectivity index (χ0v) is 74.1. The molecule has 3 amide bonds. The quantitative estimate of drug-likeness (QED) is 0.0150. The van der Waals surface area contributed by atoms with Crippen molar-refractivity contribution in [1.29, 1.82) is 0 Å². The number of amides is 3. The van der Waals surface area contributed by atoms with Gasteiger partial charge in [-0.1, -0.05) is 52.8 Å². The Morgan fingerprint density at radius 2 is 0.820 bits per heavy atom. The minimum absolute atomic E-state index is 0. The third kappa shape index (κ3) is 32.4. The molecule has 8 aliphatic heterocycles. The van der Waals surface area contributed by atoms with Gasteiger partial charge in [0.2, 0.25) is 23.0 Å². The van der Waals surface area contributed by atoms with Gasteiger partial charge < -0.3 is 79.6 Å². The van der Waals surface area contributed by atoms with E-state index in [1.807, 2.05) is 102 Å². The number of nitrogen functional groups attached to an aromatic ring is 2. The molecule has 0 spiro atoms. The molecule has 0 bridgehead atoms. The van der Waals surface area contributed by atoms with Crippen molar-refractivity contribution in [3.63, 3.8) is 0 Å². The van der Waals surface area contributed by atoms with E-state index in [1.54, 1.807) is 47.0 Å². The van der Waals surface area contributed by atoms with E-state index < -0.39 is 15.8 Å². The number of aliphatic hydroxyl groups is 1.